The average molecular weight is 447 g/mol. The topological polar surface area (TPSA) is 77.5 Å². The van der Waals surface area contributed by atoms with Crippen molar-refractivity contribution in [1.82, 2.24) is 4.98 Å². The minimum absolute atomic E-state index is 0.369. The van der Waals surface area contributed by atoms with Gasteiger partial charge in [0.1, 0.15) is 5.75 Å². The lowest BCUT2D eigenvalue weighted by atomic mass is 10.2. The number of amides is 1. The molecule has 0 aliphatic carbocycles. The zero-order valence-corrected chi connectivity index (χ0v) is 16.7. The van der Waals surface area contributed by atoms with E-state index in [1.165, 1.54) is 11.3 Å². The lowest BCUT2D eigenvalue weighted by molar-refractivity contribution is -0.119. The normalized spacial score (nSPS) is 10.3. The van der Waals surface area contributed by atoms with Crippen LogP contribution in [0.5, 0.6) is 5.75 Å². The Balaban J connectivity index is 1.55. The molecule has 2 aromatic carbocycles. The van der Waals surface area contributed by atoms with E-state index in [1.54, 1.807) is 31.4 Å². The van der Waals surface area contributed by atoms with Crippen molar-refractivity contribution in [3.63, 3.8) is 0 Å². The minimum atomic E-state index is -0.565. The van der Waals surface area contributed by atoms with Crippen LogP contribution in [-0.2, 0) is 9.53 Å². The number of nitrogens with zero attached hydrogens (tertiary/aromatic N) is 1. The van der Waals surface area contributed by atoms with E-state index in [-0.39, 0.29) is 6.61 Å². The zero-order chi connectivity index (χ0) is 19.2. The Hall–Kier alpha value is -2.71. The molecule has 0 atom stereocenters. The van der Waals surface area contributed by atoms with Gasteiger partial charge in [0.2, 0.25) is 0 Å². The summed E-state index contributed by atoms with van der Waals surface area (Å²) >= 11 is 4.58. The van der Waals surface area contributed by atoms with Crippen molar-refractivity contribution in [2.75, 3.05) is 19.0 Å². The van der Waals surface area contributed by atoms with Gasteiger partial charge in [-0.2, -0.15) is 0 Å². The number of esters is 1. The number of aromatic nitrogens is 1. The first-order valence-corrected chi connectivity index (χ1v) is 9.55. The van der Waals surface area contributed by atoms with Crippen LogP contribution >= 0.6 is 27.3 Å². The highest BCUT2D eigenvalue weighted by atomic mass is 79.9. The third-order valence-electron chi connectivity index (χ3n) is 3.53. The molecule has 27 heavy (non-hydrogen) atoms. The van der Waals surface area contributed by atoms with E-state index in [1.807, 2.05) is 29.6 Å². The maximum Gasteiger partial charge on any atom is 0.338 e. The van der Waals surface area contributed by atoms with E-state index in [0.717, 1.165) is 21.5 Å². The SMILES string of the molecule is COc1ccc(-c2csc(NC(=O)COC(=O)c3cccc(Br)c3)n2)cc1. The minimum Gasteiger partial charge on any atom is -0.497 e. The molecular weight excluding hydrogens is 432 g/mol. The summed E-state index contributed by atoms with van der Waals surface area (Å²) in [5.74, 6) is -0.256. The monoisotopic (exact) mass is 446 g/mol. The average Bonchev–Trinajstić information content (AvgIpc) is 3.14. The Morgan fingerprint density at radius 1 is 1.19 bits per heavy atom. The predicted octanol–water partition coefficient (Wildman–Crippen LogP) is 4.38. The van der Waals surface area contributed by atoms with Crippen LogP contribution in [0.3, 0.4) is 0 Å². The van der Waals surface area contributed by atoms with Crippen molar-refractivity contribution in [2.24, 2.45) is 0 Å². The fraction of sp³-hybridized carbons (Fsp3) is 0.105. The van der Waals surface area contributed by atoms with Gasteiger partial charge in [-0.3, -0.25) is 10.1 Å². The molecule has 1 aromatic heterocycles. The van der Waals surface area contributed by atoms with Crippen molar-refractivity contribution < 1.29 is 19.1 Å². The number of nitrogens with one attached hydrogen (secondary N) is 1. The van der Waals surface area contributed by atoms with Gasteiger partial charge in [0, 0.05) is 15.4 Å². The molecule has 1 heterocycles. The molecule has 0 fully saturated rings. The Morgan fingerprint density at radius 2 is 1.96 bits per heavy atom. The smallest absolute Gasteiger partial charge is 0.338 e. The summed E-state index contributed by atoms with van der Waals surface area (Å²) in [7, 11) is 1.61. The second-order valence-electron chi connectivity index (χ2n) is 5.40. The number of thiazole rings is 1. The zero-order valence-electron chi connectivity index (χ0n) is 14.3. The Kier molecular flexibility index (Phi) is 6.20. The highest BCUT2D eigenvalue weighted by Crippen LogP contribution is 2.26. The number of anilines is 1. The first kappa shape index (κ1) is 19.1. The van der Waals surface area contributed by atoms with Crippen LogP contribution in [0.15, 0.2) is 58.4 Å². The van der Waals surface area contributed by atoms with Gasteiger partial charge in [-0.25, -0.2) is 9.78 Å². The number of hydrogen-bond donors (Lipinski definition) is 1. The quantitative estimate of drug-likeness (QED) is 0.568. The van der Waals surface area contributed by atoms with Gasteiger partial charge in [0.15, 0.2) is 11.7 Å². The van der Waals surface area contributed by atoms with Crippen molar-refractivity contribution in [1.29, 1.82) is 0 Å². The number of carbonyl (C=O) groups excluding carboxylic acids is 2. The lowest BCUT2D eigenvalue weighted by Crippen LogP contribution is -2.20. The first-order valence-electron chi connectivity index (χ1n) is 7.87. The second kappa shape index (κ2) is 8.79. The van der Waals surface area contributed by atoms with E-state index in [0.29, 0.717) is 10.7 Å². The molecule has 1 N–H and O–H groups in total. The number of ether oxygens (including phenoxy) is 2. The van der Waals surface area contributed by atoms with Crippen LogP contribution in [0, 0.1) is 0 Å². The van der Waals surface area contributed by atoms with Gasteiger partial charge in [-0.1, -0.05) is 22.0 Å². The van der Waals surface area contributed by atoms with Crippen molar-refractivity contribution in [3.8, 4) is 17.0 Å². The molecule has 8 heteroatoms. The van der Waals surface area contributed by atoms with Crippen LogP contribution in [0.1, 0.15) is 10.4 Å². The molecule has 0 aliphatic rings. The summed E-state index contributed by atoms with van der Waals surface area (Å²) in [6.45, 7) is -0.386. The molecule has 138 valence electrons. The van der Waals surface area contributed by atoms with Gasteiger partial charge in [0.25, 0.3) is 5.91 Å². The summed E-state index contributed by atoms with van der Waals surface area (Å²) in [6.07, 6.45) is 0. The van der Waals surface area contributed by atoms with Gasteiger partial charge < -0.3 is 9.47 Å². The molecule has 0 aliphatic heterocycles. The van der Waals surface area contributed by atoms with E-state index in [2.05, 4.69) is 26.2 Å². The van der Waals surface area contributed by atoms with E-state index >= 15 is 0 Å². The molecule has 0 bridgehead atoms. The van der Waals surface area contributed by atoms with Gasteiger partial charge >= 0.3 is 5.97 Å². The molecule has 6 nitrogen and oxygen atoms in total. The number of hydrogen-bond acceptors (Lipinski definition) is 6. The molecule has 3 rings (SSSR count). The fourth-order valence-electron chi connectivity index (χ4n) is 2.21. The lowest BCUT2D eigenvalue weighted by Gasteiger charge is -2.05. The van der Waals surface area contributed by atoms with Crippen molar-refractivity contribution in [2.45, 2.75) is 0 Å². The Morgan fingerprint density at radius 3 is 2.67 bits per heavy atom. The van der Waals surface area contributed by atoms with Crippen LogP contribution in [0.2, 0.25) is 0 Å². The third-order valence-corrected chi connectivity index (χ3v) is 4.78. The highest BCUT2D eigenvalue weighted by Gasteiger charge is 2.12. The Bertz CT molecular complexity index is 956. The van der Waals surface area contributed by atoms with Gasteiger partial charge in [-0.15, -0.1) is 11.3 Å². The van der Waals surface area contributed by atoms with Crippen LogP contribution in [-0.4, -0.2) is 30.6 Å². The standard InChI is InChI=1S/C19H15BrN2O4S/c1-25-15-7-5-12(6-8-15)16-11-27-19(21-16)22-17(23)10-26-18(24)13-3-2-4-14(20)9-13/h2-9,11H,10H2,1H3,(H,21,22,23). The van der Waals surface area contributed by atoms with Gasteiger partial charge in [0.05, 0.1) is 18.4 Å². The molecule has 0 spiro atoms. The molecule has 3 aromatic rings. The summed E-state index contributed by atoms with van der Waals surface area (Å²) in [4.78, 5) is 28.3. The maximum absolute atomic E-state index is 12.0. The first-order chi connectivity index (χ1) is 13.0. The molecule has 0 radical (unpaired) electrons. The fourth-order valence-corrected chi connectivity index (χ4v) is 3.35. The maximum atomic E-state index is 12.0. The largest absolute Gasteiger partial charge is 0.497 e. The number of rotatable bonds is 6. The van der Waals surface area contributed by atoms with E-state index < -0.39 is 11.9 Å². The summed E-state index contributed by atoms with van der Waals surface area (Å²) in [6, 6.07) is 14.2. The third kappa shape index (κ3) is 5.15. The van der Waals surface area contributed by atoms with E-state index in [4.69, 9.17) is 9.47 Å². The summed E-state index contributed by atoms with van der Waals surface area (Å²) in [5, 5.41) is 4.90. The molecule has 0 saturated carbocycles. The molecule has 0 unspecified atom stereocenters. The molecule has 1 amide bonds. The van der Waals surface area contributed by atoms with Crippen LogP contribution in [0.4, 0.5) is 5.13 Å². The number of carbonyl (C=O) groups is 2. The summed E-state index contributed by atoms with van der Waals surface area (Å²) < 4.78 is 10.9. The van der Waals surface area contributed by atoms with Crippen molar-refractivity contribution >= 4 is 44.3 Å². The highest BCUT2D eigenvalue weighted by molar-refractivity contribution is 9.10. The van der Waals surface area contributed by atoms with E-state index in [9.17, 15) is 9.59 Å². The second-order valence-corrected chi connectivity index (χ2v) is 7.17. The Labute approximate surface area is 168 Å². The summed E-state index contributed by atoms with van der Waals surface area (Å²) in [5.41, 5.74) is 2.02. The molecule has 0 saturated heterocycles. The predicted molar refractivity (Wildman–Crippen MR) is 107 cm³/mol. The number of benzene rings is 2. The van der Waals surface area contributed by atoms with Crippen LogP contribution in [0.25, 0.3) is 11.3 Å². The number of methoxy groups -OCH3 is 1. The van der Waals surface area contributed by atoms with Crippen LogP contribution < -0.4 is 10.1 Å². The van der Waals surface area contributed by atoms with Crippen molar-refractivity contribution in [3.05, 3.63) is 63.9 Å². The van der Waals surface area contributed by atoms with Gasteiger partial charge in [-0.05, 0) is 42.5 Å². The molecular formula is C19H15BrN2O4S. The number of halogens is 1.